The lowest BCUT2D eigenvalue weighted by molar-refractivity contribution is -0.105. The van der Waals surface area contributed by atoms with Gasteiger partial charge in [-0.05, 0) is 48.9 Å². The molecular formula is C23H28O2. The van der Waals surface area contributed by atoms with Gasteiger partial charge in [0.2, 0.25) is 0 Å². The van der Waals surface area contributed by atoms with Crippen molar-refractivity contribution in [3.05, 3.63) is 77.9 Å². The third-order valence-electron chi connectivity index (χ3n) is 4.72. The van der Waals surface area contributed by atoms with Crippen LogP contribution in [0.1, 0.15) is 49.7 Å². The van der Waals surface area contributed by atoms with E-state index in [0.29, 0.717) is 5.92 Å². The molecule has 1 aliphatic rings. The summed E-state index contributed by atoms with van der Waals surface area (Å²) < 4.78 is 11.6. The molecule has 0 radical (unpaired) electrons. The number of hydrogen-bond donors (Lipinski definition) is 0. The molecule has 1 heterocycles. The normalized spacial score (nSPS) is 19.0. The van der Waals surface area contributed by atoms with Crippen molar-refractivity contribution >= 4 is 0 Å². The first-order chi connectivity index (χ1) is 12.3. The van der Waals surface area contributed by atoms with E-state index in [2.05, 4.69) is 73.7 Å². The predicted molar refractivity (Wildman–Crippen MR) is 103 cm³/mol. The number of ether oxygens (including phenoxy) is 2. The first-order valence-corrected chi connectivity index (χ1v) is 9.44. The number of rotatable bonds is 7. The van der Waals surface area contributed by atoms with Gasteiger partial charge in [0.1, 0.15) is 5.75 Å². The highest BCUT2D eigenvalue weighted by Crippen LogP contribution is 2.25. The summed E-state index contributed by atoms with van der Waals surface area (Å²) in [6.45, 7) is 3.05. The molecule has 2 heteroatoms. The number of hydrogen-bond acceptors (Lipinski definition) is 2. The Morgan fingerprint density at radius 2 is 1.88 bits per heavy atom. The van der Waals surface area contributed by atoms with E-state index in [-0.39, 0.29) is 6.29 Å². The molecule has 1 saturated heterocycles. The lowest BCUT2D eigenvalue weighted by Crippen LogP contribution is -2.24. The highest BCUT2D eigenvalue weighted by molar-refractivity contribution is 5.32. The molecule has 3 rings (SSSR count). The number of allylic oxidation sites excluding steroid dienone is 2. The quantitative estimate of drug-likeness (QED) is 0.587. The zero-order chi connectivity index (χ0) is 17.3. The van der Waals surface area contributed by atoms with Gasteiger partial charge < -0.3 is 9.47 Å². The first-order valence-electron chi connectivity index (χ1n) is 9.44. The van der Waals surface area contributed by atoms with E-state index in [1.54, 1.807) is 0 Å². The second-order valence-electron chi connectivity index (χ2n) is 6.62. The van der Waals surface area contributed by atoms with Gasteiger partial charge in [-0.1, -0.05) is 61.5 Å². The Hall–Kier alpha value is -2.06. The summed E-state index contributed by atoms with van der Waals surface area (Å²) >= 11 is 0. The van der Waals surface area contributed by atoms with Gasteiger partial charge in [-0.25, -0.2) is 0 Å². The van der Waals surface area contributed by atoms with Crippen molar-refractivity contribution in [1.29, 1.82) is 0 Å². The summed E-state index contributed by atoms with van der Waals surface area (Å²) in [6, 6.07) is 19.1. The molecule has 1 unspecified atom stereocenters. The van der Waals surface area contributed by atoms with Gasteiger partial charge in [-0.3, -0.25) is 0 Å². The van der Waals surface area contributed by atoms with Crippen LogP contribution in [0.5, 0.6) is 5.75 Å². The fourth-order valence-corrected chi connectivity index (χ4v) is 3.21. The SMILES string of the molecule is CC[C@@H](/C=C/Cc1ccccc1)c1ccc(OC2CCCCO2)cc1. The van der Waals surface area contributed by atoms with Crippen molar-refractivity contribution in [2.75, 3.05) is 6.61 Å². The van der Waals surface area contributed by atoms with Crippen LogP contribution in [-0.2, 0) is 11.2 Å². The summed E-state index contributed by atoms with van der Waals surface area (Å²) in [6.07, 6.45) is 9.93. The minimum absolute atomic E-state index is 0.0765. The van der Waals surface area contributed by atoms with Crippen molar-refractivity contribution in [2.24, 2.45) is 0 Å². The summed E-state index contributed by atoms with van der Waals surface area (Å²) in [5, 5.41) is 0. The van der Waals surface area contributed by atoms with E-state index in [1.807, 2.05) is 0 Å². The van der Waals surface area contributed by atoms with Crippen LogP contribution in [0.3, 0.4) is 0 Å². The summed E-state index contributed by atoms with van der Waals surface area (Å²) in [5.74, 6) is 1.35. The van der Waals surface area contributed by atoms with Crippen molar-refractivity contribution in [1.82, 2.24) is 0 Å². The van der Waals surface area contributed by atoms with Crippen LogP contribution in [0.2, 0.25) is 0 Å². The molecule has 0 aromatic heterocycles. The van der Waals surface area contributed by atoms with Crippen molar-refractivity contribution in [3.63, 3.8) is 0 Å². The van der Waals surface area contributed by atoms with E-state index in [4.69, 9.17) is 9.47 Å². The van der Waals surface area contributed by atoms with E-state index in [1.165, 1.54) is 17.5 Å². The van der Waals surface area contributed by atoms with Gasteiger partial charge in [0, 0.05) is 12.3 Å². The Labute approximate surface area is 151 Å². The Morgan fingerprint density at radius 1 is 1.08 bits per heavy atom. The highest BCUT2D eigenvalue weighted by atomic mass is 16.7. The van der Waals surface area contributed by atoms with Gasteiger partial charge in [0.25, 0.3) is 0 Å². The van der Waals surface area contributed by atoms with Gasteiger partial charge in [0.15, 0.2) is 6.29 Å². The lowest BCUT2D eigenvalue weighted by atomic mass is 9.95. The van der Waals surface area contributed by atoms with E-state index in [0.717, 1.165) is 38.0 Å². The largest absolute Gasteiger partial charge is 0.465 e. The third-order valence-corrected chi connectivity index (χ3v) is 4.72. The van der Waals surface area contributed by atoms with Crippen LogP contribution < -0.4 is 4.74 Å². The Kier molecular flexibility index (Phi) is 6.70. The molecule has 0 spiro atoms. The third kappa shape index (κ3) is 5.47. The van der Waals surface area contributed by atoms with Crippen LogP contribution in [-0.4, -0.2) is 12.9 Å². The Morgan fingerprint density at radius 3 is 2.56 bits per heavy atom. The molecule has 1 fully saturated rings. The van der Waals surface area contributed by atoms with Crippen LogP contribution in [0.15, 0.2) is 66.7 Å². The van der Waals surface area contributed by atoms with E-state index in [9.17, 15) is 0 Å². The Balaban J connectivity index is 1.57. The molecule has 2 aromatic rings. The number of benzene rings is 2. The molecule has 0 amide bonds. The molecule has 0 saturated carbocycles. The minimum Gasteiger partial charge on any atom is -0.465 e. The molecule has 2 nitrogen and oxygen atoms in total. The second-order valence-corrected chi connectivity index (χ2v) is 6.62. The smallest absolute Gasteiger partial charge is 0.199 e. The zero-order valence-corrected chi connectivity index (χ0v) is 15.1. The molecule has 25 heavy (non-hydrogen) atoms. The molecule has 0 bridgehead atoms. The maximum absolute atomic E-state index is 5.92. The first kappa shape index (κ1) is 17.8. The van der Waals surface area contributed by atoms with Crippen molar-refractivity contribution in [2.45, 2.75) is 51.2 Å². The molecule has 2 aromatic carbocycles. The van der Waals surface area contributed by atoms with Gasteiger partial charge in [0.05, 0.1) is 6.61 Å². The van der Waals surface area contributed by atoms with Crippen LogP contribution in [0, 0.1) is 0 Å². The lowest BCUT2D eigenvalue weighted by Gasteiger charge is -2.23. The van der Waals surface area contributed by atoms with Gasteiger partial charge in [-0.15, -0.1) is 0 Å². The minimum atomic E-state index is -0.0765. The summed E-state index contributed by atoms with van der Waals surface area (Å²) in [4.78, 5) is 0. The van der Waals surface area contributed by atoms with Gasteiger partial charge >= 0.3 is 0 Å². The van der Waals surface area contributed by atoms with Gasteiger partial charge in [-0.2, -0.15) is 0 Å². The second kappa shape index (κ2) is 9.43. The molecule has 2 atom stereocenters. The van der Waals surface area contributed by atoms with Crippen molar-refractivity contribution in [3.8, 4) is 5.75 Å². The van der Waals surface area contributed by atoms with Crippen molar-refractivity contribution < 1.29 is 9.47 Å². The zero-order valence-electron chi connectivity index (χ0n) is 15.1. The van der Waals surface area contributed by atoms with Crippen LogP contribution in [0.4, 0.5) is 0 Å². The predicted octanol–water partition coefficient (Wildman–Crippen LogP) is 5.88. The molecular weight excluding hydrogens is 308 g/mol. The monoisotopic (exact) mass is 336 g/mol. The Bertz CT molecular complexity index is 640. The highest BCUT2D eigenvalue weighted by Gasteiger charge is 2.15. The maximum Gasteiger partial charge on any atom is 0.199 e. The van der Waals surface area contributed by atoms with E-state index >= 15 is 0 Å². The average molecular weight is 336 g/mol. The average Bonchev–Trinajstić information content (AvgIpc) is 2.68. The van der Waals surface area contributed by atoms with Crippen LogP contribution in [0.25, 0.3) is 0 Å². The van der Waals surface area contributed by atoms with Crippen LogP contribution >= 0.6 is 0 Å². The molecule has 1 aliphatic heterocycles. The molecule has 0 aliphatic carbocycles. The fraction of sp³-hybridized carbons (Fsp3) is 0.391. The maximum atomic E-state index is 5.92. The topological polar surface area (TPSA) is 18.5 Å². The summed E-state index contributed by atoms with van der Waals surface area (Å²) in [5.41, 5.74) is 2.69. The molecule has 132 valence electrons. The van der Waals surface area contributed by atoms with E-state index < -0.39 is 0 Å². The fourth-order valence-electron chi connectivity index (χ4n) is 3.21. The summed E-state index contributed by atoms with van der Waals surface area (Å²) in [7, 11) is 0. The standard InChI is InChI=1S/C23H28O2/c1-2-20(12-8-11-19-9-4-3-5-10-19)21-14-16-22(17-15-21)25-23-13-6-7-18-24-23/h3-5,8-10,12,14-17,20,23H,2,6-7,11,13,18H2,1H3/b12-8+/t20-,23?/m0/s1. The molecule has 0 N–H and O–H groups in total.